The van der Waals surface area contributed by atoms with Gasteiger partial charge in [0, 0.05) is 30.8 Å². The standard InChI is InChI=1S/C4H10O3P.Bi/c1-3-6-8(5)7-4-2;/h3-4H2,1-2H3;/q+1;. The summed E-state index contributed by atoms with van der Waals surface area (Å²) < 4.78 is 19.5. The molecule has 0 aliphatic carbocycles. The molecular weight excluding hydrogens is 336 g/mol. The molecule has 3 radical (unpaired) electrons. The van der Waals surface area contributed by atoms with Gasteiger partial charge in [0.25, 0.3) is 0 Å². The van der Waals surface area contributed by atoms with Crippen molar-refractivity contribution in [2.75, 3.05) is 13.2 Å². The third-order valence-electron chi connectivity index (χ3n) is 0.469. The molecule has 0 heterocycles. The fraction of sp³-hybridized carbons (Fsp3) is 1.00. The summed E-state index contributed by atoms with van der Waals surface area (Å²) >= 11 is 0. The van der Waals surface area contributed by atoms with Crippen LogP contribution in [0.15, 0.2) is 0 Å². The summed E-state index contributed by atoms with van der Waals surface area (Å²) in [6.45, 7) is 4.42. The minimum atomic E-state index is -1.83. The first-order valence-corrected chi connectivity index (χ1v) is 3.63. The van der Waals surface area contributed by atoms with Gasteiger partial charge < -0.3 is 0 Å². The predicted octanol–water partition coefficient (Wildman–Crippen LogP) is 1.34. The summed E-state index contributed by atoms with van der Waals surface area (Å²) in [5.41, 5.74) is 0. The third kappa shape index (κ3) is 8.90. The molecule has 3 nitrogen and oxygen atoms in total. The summed E-state index contributed by atoms with van der Waals surface area (Å²) in [6.07, 6.45) is 0. The molecule has 0 spiro atoms. The van der Waals surface area contributed by atoms with Crippen molar-refractivity contribution in [2.45, 2.75) is 13.8 Å². The van der Waals surface area contributed by atoms with E-state index in [0.29, 0.717) is 13.2 Å². The zero-order chi connectivity index (χ0) is 6.41. The number of hydrogen-bond acceptors (Lipinski definition) is 3. The van der Waals surface area contributed by atoms with Crippen LogP contribution in [0, 0.1) is 0 Å². The molecule has 0 aromatic heterocycles. The van der Waals surface area contributed by atoms with Crippen LogP contribution in [-0.4, -0.2) is 39.4 Å². The van der Waals surface area contributed by atoms with Crippen molar-refractivity contribution in [1.29, 1.82) is 0 Å². The molecule has 0 fully saturated rings. The van der Waals surface area contributed by atoms with Gasteiger partial charge in [-0.15, -0.1) is 9.05 Å². The van der Waals surface area contributed by atoms with Crippen LogP contribution < -0.4 is 0 Å². The van der Waals surface area contributed by atoms with E-state index in [1.807, 2.05) is 0 Å². The van der Waals surface area contributed by atoms with E-state index in [9.17, 15) is 4.57 Å². The Morgan fingerprint density at radius 3 is 1.78 bits per heavy atom. The van der Waals surface area contributed by atoms with Crippen LogP contribution >= 0.6 is 8.25 Å². The second-order valence-corrected chi connectivity index (χ2v) is 2.02. The zero-order valence-corrected chi connectivity index (χ0v) is 9.90. The average Bonchev–Trinajstić information content (AvgIpc) is 1.68. The van der Waals surface area contributed by atoms with Gasteiger partial charge in [0.1, 0.15) is 13.2 Å². The number of rotatable bonds is 4. The van der Waals surface area contributed by atoms with E-state index in [2.05, 4.69) is 9.05 Å². The molecule has 0 aromatic rings. The topological polar surface area (TPSA) is 35.5 Å². The first-order chi connectivity index (χ1) is 3.81. The van der Waals surface area contributed by atoms with E-state index < -0.39 is 8.25 Å². The minimum absolute atomic E-state index is 0. The summed E-state index contributed by atoms with van der Waals surface area (Å²) in [5, 5.41) is 0. The van der Waals surface area contributed by atoms with E-state index in [4.69, 9.17) is 0 Å². The Morgan fingerprint density at radius 2 is 1.56 bits per heavy atom. The Labute approximate surface area is 75.2 Å². The van der Waals surface area contributed by atoms with Crippen LogP contribution in [0.4, 0.5) is 0 Å². The molecule has 0 atom stereocenters. The van der Waals surface area contributed by atoms with Crippen molar-refractivity contribution in [2.24, 2.45) is 0 Å². The van der Waals surface area contributed by atoms with E-state index in [0.717, 1.165) is 0 Å². The molecule has 53 valence electrons. The van der Waals surface area contributed by atoms with Gasteiger partial charge in [-0.1, -0.05) is 0 Å². The van der Waals surface area contributed by atoms with Crippen LogP contribution in [0.3, 0.4) is 0 Å². The van der Waals surface area contributed by atoms with Gasteiger partial charge in [0.05, 0.1) is 0 Å². The molecule has 0 unspecified atom stereocenters. The van der Waals surface area contributed by atoms with E-state index in [1.165, 1.54) is 0 Å². The van der Waals surface area contributed by atoms with Crippen molar-refractivity contribution in [3.63, 3.8) is 0 Å². The first kappa shape index (κ1) is 12.6. The fourth-order valence-electron chi connectivity index (χ4n) is 0.248. The Morgan fingerprint density at radius 1 is 1.22 bits per heavy atom. The third-order valence-corrected chi connectivity index (χ3v) is 1.41. The average molecular weight is 346 g/mol. The molecule has 0 saturated carbocycles. The van der Waals surface area contributed by atoms with Crippen molar-refractivity contribution in [1.82, 2.24) is 0 Å². The normalized spacial score (nSPS) is 8.22. The largest absolute Gasteiger partial charge is 0.697 e. The minimum Gasteiger partial charge on any atom is -0.119 e. The second-order valence-electron chi connectivity index (χ2n) is 1.06. The monoisotopic (exact) mass is 346 g/mol. The second kappa shape index (κ2) is 8.90. The van der Waals surface area contributed by atoms with Crippen molar-refractivity contribution in [3.05, 3.63) is 0 Å². The van der Waals surface area contributed by atoms with Gasteiger partial charge in [-0.2, -0.15) is 0 Å². The molecule has 0 rings (SSSR count). The molecule has 5 heteroatoms. The first-order valence-electron chi connectivity index (χ1n) is 2.54. The Bertz CT molecular complexity index is 70.2. The van der Waals surface area contributed by atoms with Crippen LogP contribution in [0.5, 0.6) is 0 Å². The molecule has 0 N–H and O–H groups in total. The Hall–Kier alpha value is 0.903. The van der Waals surface area contributed by atoms with Crippen LogP contribution in [0.1, 0.15) is 13.8 Å². The summed E-state index contributed by atoms with van der Waals surface area (Å²) in [6, 6.07) is 0. The SMILES string of the molecule is CCO[P+](=O)OCC.[Bi]. The fourth-order valence-corrected chi connectivity index (χ4v) is 0.744. The van der Waals surface area contributed by atoms with Gasteiger partial charge in [0.15, 0.2) is 0 Å². The van der Waals surface area contributed by atoms with Gasteiger partial charge in [0.2, 0.25) is 0 Å². The Kier molecular flexibility index (Phi) is 12.4. The summed E-state index contributed by atoms with van der Waals surface area (Å²) in [4.78, 5) is 0. The smallest absolute Gasteiger partial charge is 0.119 e. The predicted molar refractivity (Wildman–Crippen MR) is 36.6 cm³/mol. The van der Waals surface area contributed by atoms with Crippen molar-refractivity contribution < 1.29 is 13.6 Å². The maximum Gasteiger partial charge on any atom is 0.697 e. The van der Waals surface area contributed by atoms with Crippen LogP contribution in [0.2, 0.25) is 0 Å². The zero-order valence-electron chi connectivity index (χ0n) is 5.53. The van der Waals surface area contributed by atoms with Gasteiger partial charge >= 0.3 is 8.25 Å². The molecule has 0 aliphatic rings. The maximum absolute atomic E-state index is 10.3. The molecule has 0 amide bonds. The molecule has 0 bridgehead atoms. The van der Waals surface area contributed by atoms with Crippen LogP contribution in [0.25, 0.3) is 0 Å². The molecule has 9 heavy (non-hydrogen) atoms. The van der Waals surface area contributed by atoms with E-state index in [-0.39, 0.29) is 26.2 Å². The molecular formula is C4H10BiO3P+. The quantitative estimate of drug-likeness (QED) is 0.569. The molecule has 0 aliphatic heterocycles. The Balaban J connectivity index is 0. The van der Waals surface area contributed by atoms with Crippen LogP contribution in [-0.2, 0) is 13.6 Å². The van der Waals surface area contributed by atoms with Crippen molar-refractivity contribution >= 4 is 34.5 Å². The molecule has 0 aromatic carbocycles. The summed E-state index contributed by atoms with van der Waals surface area (Å²) in [5.74, 6) is 0. The van der Waals surface area contributed by atoms with E-state index in [1.54, 1.807) is 13.8 Å². The van der Waals surface area contributed by atoms with Gasteiger partial charge in [-0.05, 0) is 13.8 Å². The maximum atomic E-state index is 10.3. The van der Waals surface area contributed by atoms with E-state index >= 15 is 0 Å². The van der Waals surface area contributed by atoms with Gasteiger partial charge in [-0.25, -0.2) is 0 Å². The van der Waals surface area contributed by atoms with Gasteiger partial charge in [-0.3, -0.25) is 0 Å². The summed E-state index contributed by atoms with van der Waals surface area (Å²) in [7, 11) is -1.83. The number of hydrogen-bond donors (Lipinski definition) is 0. The van der Waals surface area contributed by atoms with Crippen molar-refractivity contribution in [3.8, 4) is 0 Å². The molecule has 0 saturated heterocycles.